The lowest BCUT2D eigenvalue weighted by Gasteiger charge is -2.22. The van der Waals surface area contributed by atoms with Crippen molar-refractivity contribution >= 4 is 21.6 Å². The van der Waals surface area contributed by atoms with Crippen molar-refractivity contribution in [3.05, 3.63) is 59.7 Å². The van der Waals surface area contributed by atoms with Crippen molar-refractivity contribution in [1.29, 1.82) is 0 Å². The van der Waals surface area contributed by atoms with Crippen molar-refractivity contribution in [2.75, 3.05) is 4.72 Å². The third kappa shape index (κ3) is 4.85. The Hall–Kier alpha value is -2.34. The first-order chi connectivity index (χ1) is 15.3. The SMILES string of the molecule is CC[C@H](C)NC(=O)C1(c2ccc(NS(=O)(=O)c3ccc(C4CCCCC4)cc3)cc2)CC1. The molecule has 2 aliphatic carbocycles. The molecule has 1 atom stereocenters. The maximum atomic E-state index is 12.9. The van der Waals surface area contributed by atoms with Crippen LogP contribution in [0.1, 0.15) is 82.3 Å². The molecule has 5 nitrogen and oxygen atoms in total. The Kier molecular flexibility index (Phi) is 6.61. The second-order valence-corrected chi connectivity index (χ2v) is 11.1. The largest absolute Gasteiger partial charge is 0.353 e. The molecule has 6 heteroatoms. The molecule has 1 amide bonds. The number of sulfonamides is 1. The molecule has 2 fully saturated rings. The van der Waals surface area contributed by atoms with Gasteiger partial charge in [-0.2, -0.15) is 0 Å². The number of benzene rings is 2. The van der Waals surface area contributed by atoms with Gasteiger partial charge in [0.1, 0.15) is 0 Å². The van der Waals surface area contributed by atoms with Crippen LogP contribution in [-0.2, 0) is 20.2 Å². The van der Waals surface area contributed by atoms with E-state index in [1.165, 1.54) is 37.7 Å². The zero-order valence-electron chi connectivity index (χ0n) is 19.1. The molecule has 0 radical (unpaired) electrons. The summed E-state index contributed by atoms with van der Waals surface area (Å²) in [7, 11) is -3.66. The maximum Gasteiger partial charge on any atom is 0.261 e. The predicted molar refractivity (Wildman–Crippen MR) is 128 cm³/mol. The van der Waals surface area contributed by atoms with E-state index in [1.807, 2.05) is 31.2 Å². The molecule has 0 heterocycles. The highest BCUT2D eigenvalue weighted by atomic mass is 32.2. The summed E-state index contributed by atoms with van der Waals surface area (Å²) < 4.78 is 28.4. The van der Waals surface area contributed by atoms with E-state index < -0.39 is 15.4 Å². The zero-order chi connectivity index (χ0) is 22.8. The lowest BCUT2D eigenvalue weighted by Crippen LogP contribution is -2.39. The second kappa shape index (κ2) is 9.26. The predicted octanol–water partition coefficient (Wildman–Crippen LogP) is 5.48. The number of carbonyl (C=O) groups excluding carboxylic acids is 1. The molecule has 0 unspecified atom stereocenters. The van der Waals surface area contributed by atoms with E-state index in [0.717, 1.165) is 24.8 Å². The number of hydrogen-bond donors (Lipinski definition) is 2. The summed E-state index contributed by atoms with van der Waals surface area (Å²) in [6, 6.07) is 14.7. The molecule has 2 aromatic rings. The number of hydrogen-bond acceptors (Lipinski definition) is 3. The summed E-state index contributed by atoms with van der Waals surface area (Å²) in [5, 5.41) is 3.08. The number of nitrogens with one attached hydrogen (secondary N) is 2. The van der Waals surface area contributed by atoms with Gasteiger partial charge in [0.15, 0.2) is 0 Å². The van der Waals surface area contributed by atoms with Gasteiger partial charge in [0.2, 0.25) is 5.91 Å². The fraction of sp³-hybridized carbons (Fsp3) is 0.500. The lowest BCUT2D eigenvalue weighted by molar-refractivity contribution is -0.124. The number of carbonyl (C=O) groups is 1. The van der Waals surface area contributed by atoms with Gasteiger partial charge >= 0.3 is 0 Å². The average molecular weight is 455 g/mol. The van der Waals surface area contributed by atoms with E-state index >= 15 is 0 Å². The van der Waals surface area contributed by atoms with E-state index in [9.17, 15) is 13.2 Å². The molecule has 2 saturated carbocycles. The smallest absolute Gasteiger partial charge is 0.261 e. The van der Waals surface area contributed by atoms with Gasteiger partial charge in [0, 0.05) is 11.7 Å². The minimum atomic E-state index is -3.66. The number of anilines is 1. The van der Waals surface area contributed by atoms with E-state index in [4.69, 9.17) is 0 Å². The number of amides is 1. The third-order valence-electron chi connectivity index (χ3n) is 7.13. The lowest BCUT2D eigenvalue weighted by atomic mass is 9.84. The van der Waals surface area contributed by atoms with Crippen LogP contribution in [-0.4, -0.2) is 20.4 Å². The molecule has 0 aromatic heterocycles. The Balaban J connectivity index is 1.43. The first kappa shape index (κ1) is 22.8. The summed E-state index contributed by atoms with van der Waals surface area (Å²) in [4.78, 5) is 13.0. The van der Waals surface area contributed by atoms with E-state index in [2.05, 4.69) is 17.0 Å². The van der Waals surface area contributed by atoms with Gasteiger partial charge in [0.05, 0.1) is 10.3 Å². The summed E-state index contributed by atoms with van der Waals surface area (Å²) >= 11 is 0. The van der Waals surface area contributed by atoms with Gasteiger partial charge in [-0.1, -0.05) is 50.5 Å². The van der Waals surface area contributed by atoms with Crippen molar-refractivity contribution in [3.63, 3.8) is 0 Å². The van der Waals surface area contributed by atoms with Crippen LogP contribution >= 0.6 is 0 Å². The average Bonchev–Trinajstić information content (AvgIpc) is 3.62. The molecular formula is C26H34N2O3S. The van der Waals surface area contributed by atoms with Crippen LogP contribution in [0.3, 0.4) is 0 Å². The molecule has 0 bridgehead atoms. The quantitative estimate of drug-likeness (QED) is 0.554. The standard InChI is InChI=1S/C26H34N2O3S/c1-3-19(2)27-25(29)26(17-18-26)22-11-13-23(14-12-22)28-32(30,31)24-15-9-21(10-16-24)20-7-5-4-6-8-20/h9-16,19-20,28H,3-8,17-18H2,1-2H3,(H,27,29)/t19-/m0/s1. The molecule has 0 spiro atoms. The Morgan fingerprint density at radius 2 is 1.62 bits per heavy atom. The highest BCUT2D eigenvalue weighted by Gasteiger charge is 2.51. The summed E-state index contributed by atoms with van der Waals surface area (Å²) in [6.45, 7) is 4.06. The fourth-order valence-electron chi connectivity index (χ4n) is 4.66. The Bertz CT molecular complexity index is 1040. The molecule has 2 aliphatic rings. The van der Waals surface area contributed by atoms with E-state index in [1.54, 1.807) is 24.3 Å². The molecule has 32 heavy (non-hydrogen) atoms. The second-order valence-electron chi connectivity index (χ2n) is 9.45. The van der Waals surface area contributed by atoms with Crippen LogP contribution in [0.2, 0.25) is 0 Å². The van der Waals surface area contributed by atoms with Crippen LogP contribution < -0.4 is 10.0 Å². The normalized spacial score (nSPS) is 19.2. The summed E-state index contributed by atoms with van der Waals surface area (Å²) in [6.07, 6.45) is 8.73. The first-order valence-electron chi connectivity index (χ1n) is 11.9. The molecule has 0 aliphatic heterocycles. The van der Waals surface area contributed by atoms with Gasteiger partial charge in [-0.05, 0) is 80.3 Å². The molecular weight excluding hydrogens is 420 g/mol. The highest BCUT2D eigenvalue weighted by Crippen LogP contribution is 2.48. The van der Waals surface area contributed by atoms with E-state index in [-0.39, 0.29) is 16.8 Å². The zero-order valence-corrected chi connectivity index (χ0v) is 19.9. The topological polar surface area (TPSA) is 75.3 Å². The first-order valence-corrected chi connectivity index (χ1v) is 13.4. The fourth-order valence-corrected chi connectivity index (χ4v) is 5.72. The van der Waals surface area contributed by atoms with Crippen LogP contribution in [0.4, 0.5) is 5.69 Å². The van der Waals surface area contributed by atoms with Crippen LogP contribution in [0.25, 0.3) is 0 Å². The monoisotopic (exact) mass is 454 g/mol. The molecule has 0 saturated heterocycles. The summed E-state index contributed by atoms with van der Waals surface area (Å²) in [5.74, 6) is 0.617. The minimum Gasteiger partial charge on any atom is -0.353 e. The van der Waals surface area contributed by atoms with Crippen molar-refractivity contribution in [2.45, 2.75) is 87.5 Å². The Labute approximate surface area is 192 Å². The van der Waals surface area contributed by atoms with Crippen molar-refractivity contribution in [3.8, 4) is 0 Å². The van der Waals surface area contributed by atoms with Gasteiger partial charge in [-0.3, -0.25) is 9.52 Å². The molecule has 2 aromatic carbocycles. The highest BCUT2D eigenvalue weighted by molar-refractivity contribution is 7.92. The van der Waals surface area contributed by atoms with Crippen LogP contribution in [0.15, 0.2) is 53.4 Å². The number of rotatable bonds is 8. The van der Waals surface area contributed by atoms with Gasteiger partial charge in [0.25, 0.3) is 10.0 Å². The van der Waals surface area contributed by atoms with Crippen LogP contribution in [0, 0.1) is 0 Å². The van der Waals surface area contributed by atoms with Crippen molar-refractivity contribution < 1.29 is 13.2 Å². The molecule has 172 valence electrons. The van der Waals surface area contributed by atoms with E-state index in [0.29, 0.717) is 11.6 Å². The Morgan fingerprint density at radius 3 is 2.19 bits per heavy atom. The molecule has 4 rings (SSSR count). The Morgan fingerprint density at radius 1 is 1.00 bits per heavy atom. The van der Waals surface area contributed by atoms with Crippen molar-refractivity contribution in [2.24, 2.45) is 0 Å². The van der Waals surface area contributed by atoms with Gasteiger partial charge < -0.3 is 5.32 Å². The maximum absolute atomic E-state index is 12.9. The van der Waals surface area contributed by atoms with Crippen molar-refractivity contribution in [1.82, 2.24) is 5.32 Å². The summed E-state index contributed by atoms with van der Waals surface area (Å²) in [5.41, 5.74) is 2.22. The van der Waals surface area contributed by atoms with Gasteiger partial charge in [-0.15, -0.1) is 0 Å². The third-order valence-corrected chi connectivity index (χ3v) is 8.53. The molecule has 2 N–H and O–H groups in total. The van der Waals surface area contributed by atoms with Gasteiger partial charge in [-0.25, -0.2) is 8.42 Å². The van der Waals surface area contributed by atoms with Crippen LogP contribution in [0.5, 0.6) is 0 Å². The minimum absolute atomic E-state index is 0.0678.